The van der Waals surface area contributed by atoms with Crippen molar-refractivity contribution in [1.29, 1.82) is 0 Å². The third-order valence-corrected chi connectivity index (χ3v) is 3.44. The maximum Gasteiger partial charge on any atom is 0.128 e. The number of benzene rings is 2. The standard InChI is InChI=1S/C15H11Cl2NO/c16-11-4-6-13(7-5-11)19-9-12-8-10-2-1-3-14(17)15(10)18-12/h1-8,18H,9H2. The van der Waals surface area contributed by atoms with Crippen molar-refractivity contribution in [1.82, 2.24) is 4.98 Å². The van der Waals surface area contributed by atoms with Crippen molar-refractivity contribution in [3.05, 3.63) is 64.3 Å². The second kappa shape index (κ2) is 5.16. The first-order valence-corrected chi connectivity index (χ1v) is 6.62. The summed E-state index contributed by atoms with van der Waals surface area (Å²) in [5.74, 6) is 0.786. The molecule has 96 valence electrons. The largest absolute Gasteiger partial charge is 0.487 e. The Kier molecular flexibility index (Phi) is 3.36. The highest BCUT2D eigenvalue weighted by Crippen LogP contribution is 2.24. The van der Waals surface area contributed by atoms with Gasteiger partial charge in [-0.15, -0.1) is 0 Å². The average molecular weight is 292 g/mol. The molecule has 0 fully saturated rings. The number of rotatable bonds is 3. The van der Waals surface area contributed by atoms with E-state index in [0.717, 1.165) is 27.4 Å². The van der Waals surface area contributed by atoms with Crippen molar-refractivity contribution in [3.8, 4) is 5.75 Å². The Labute approximate surface area is 120 Å². The number of ether oxygens (including phenoxy) is 1. The van der Waals surface area contributed by atoms with E-state index in [1.807, 2.05) is 36.4 Å². The zero-order chi connectivity index (χ0) is 13.2. The molecule has 0 saturated heterocycles. The number of halogens is 2. The van der Waals surface area contributed by atoms with Gasteiger partial charge in [-0.25, -0.2) is 0 Å². The minimum atomic E-state index is 0.465. The van der Waals surface area contributed by atoms with Crippen LogP contribution in [0.15, 0.2) is 48.5 Å². The lowest BCUT2D eigenvalue weighted by Gasteiger charge is -2.04. The lowest BCUT2D eigenvalue weighted by atomic mass is 10.2. The van der Waals surface area contributed by atoms with Gasteiger partial charge >= 0.3 is 0 Å². The van der Waals surface area contributed by atoms with Crippen LogP contribution >= 0.6 is 23.2 Å². The Bertz CT molecular complexity index is 704. The highest BCUT2D eigenvalue weighted by Gasteiger charge is 2.04. The monoisotopic (exact) mass is 291 g/mol. The fourth-order valence-electron chi connectivity index (χ4n) is 1.95. The van der Waals surface area contributed by atoms with Crippen LogP contribution in [0.2, 0.25) is 10.0 Å². The van der Waals surface area contributed by atoms with Gasteiger partial charge in [-0.05, 0) is 36.4 Å². The second-order valence-corrected chi connectivity index (χ2v) is 5.08. The predicted molar refractivity (Wildman–Crippen MR) is 79.1 cm³/mol. The van der Waals surface area contributed by atoms with E-state index in [4.69, 9.17) is 27.9 Å². The van der Waals surface area contributed by atoms with Gasteiger partial charge in [0.1, 0.15) is 12.4 Å². The van der Waals surface area contributed by atoms with Gasteiger partial charge in [-0.1, -0.05) is 35.3 Å². The Morgan fingerprint density at radius 2 is 1.79 bits per heavy atom. The van der Waals surface area contributed by atoms with Crippen LogP contribution < -0.4 is 4.74 Å². The topological polar surface area (TPSA) is 25.0 Å². The summed E-state index contributed by atoms with van der Waals surface area (Å²) in [7, 11) is 0. The number of H-pyrrole nitrogens is 1. The molecule has 3 rings (SSSR count). The third kappa shape index (κ3) is 2.70. The molecule has 3 aromatic rings. The fourth-order valence-corrected chi connectivity index (χ4v) is 2.30. The highest BCUT2D eigenvalue weighted by molar-refractivity contribution is 6.35. The van der Waals surface area contributed by atoms with Crippen LogP contribution in [0.3, 0.4) is 0 Å². The van der Waals surface area contributed by atoms with Gasteiger partial charge in [0.15, 0.2) is 0 Å². The molecular formula is C15H11Cl2NO. The number of para-hydroxylation sites is 1. The van der Waals surface area contributed by atoms with E-state index in [2.05, 4.69) is 4.98 Å². The van der Waals surface area contributed by atoms with E-state index in [1.54, 1.807) is 12.1 Å². The summed E-state index contributed by atoms with van der Waals surface area (Å²) in [4.78, 5) is 3.26. The molecule has 0 spiro atoms. The summed E-state index contributed by atoms with van der Waals surface area (Å²) in [5.41, 5.74) is 1.93. The van der Waals surface area contributed by atoms with Gasteiger partial charge < -0.3 is 9.72 Å². The minimum absolute atomic E-state index is 0.465. The normalized spacial score (nSPS) is 10.8. The first kappa shape index (κ1) is 12.4. The van der Waals surface area contributed by atoms with Crippen LogP contribution in [-0.2, 0) is 6.61 Å². The maximum absolute atomic E-state index is 6.12. The quantitative estimate of drug-likeness (QED) is 0.717. The number of fused-ring (bicyclic) bond motifs is 1. The van der Waals surface area contributed by atoms with Crippen molar-refractivity contribution in [3.63, 3.8) is 0 Å². The summed E-state index contributed by atoms with van der Waals surface area (Å²) in [5, 5.41) is 2.50. The number of hydrogen-bond acceptors (Lipinski definition) is 1. The van der Waals surface area contributed by atoms with Gasteiger partial charge in [0.2, 0.25) is 0 Å². The molecule has 0 aliphatic heterocycles. The van der Waals surface area contributed by atoms with Gasteiger partial charge in [0, 0.05) is 10.4 Å². The molecule has 1 N–H and O–H groups in total. The van der Waals surface area contributed by atoms with E-state index in [9.17, 15) is 0 Å². The Balaban J connectivity index is 1.78. The molecule has 0 unspecified atom stereocenters. The molecule has 0 aliphatic rings. The van der Waals surface area contributed by atoms with Gasteiger partial charge in [0.05, 0.1) is 16.2 Å². The summed E-state index contributed by atoms with van der Waals surface area (Å²) in [6.07, 6.45) is 0. The van der Waals surface area contributed by atoms with Crippen molar-refractivity contribution < 1.29 is 4.74 Å². The van der Waals surface area contributed by atoms with Gasteiger partial charge in [-0.2, -0.15) is 0 Å². The Hall–Kier alpha value is -1.64. The molecule has 2 nitrogen and oxygen atoms in total. The second-order valence-electron chi connectivity index (χ2n) is 4.24. The number of aromatic nitrogens is 1. The molecule has 0 atom stereocenters. The molecule has 2 aromatic carbocycles. The molecule has 1 heterocycles. The number of nitrogens with one attached hydrogen (secondary N) is 1. The molecule has 0 saturated carbocycles. The van der Waals surface area contributed by atoms with Crippen LogP contribution in [0, 0.1) is 0 Å². The number of hydrogen-bond donors (Lipinski definition) is 1. The Morgan fingerprint density at radius 3 is 2.53 bits per heavy atom. The van der Waals surface area contributed by atoms with E-state index in [0.29, 0.717) is 11.6 Å². The summed E-state index contributed by atoms with van der Waals surface area (Å²) < 4.78 is 5.68. The molecule has 4 heteroatoms. The van der Waals surface area contributed by atoms with Gasteiger partial charge in [0.25, 0.3) is 0 Å². The smallest absolute Gasteiger partial charge is 0.128 e. The molecular weight excluding hydrogens is 281 g/mol. The molecule has 0 amide bonds. The van der Waals surface area contributed by atoms with Gasteiger partial charge in [-0.3, -0.25) is 0 Å². The molecule has 0 radical (unpaired) electrons. The highest BCUT2D eigenvalue weighted by atomic mass is 35.5. The summed E-state index contributed by atoms with van der Waals surface area (Å²) in [6.45, 7) is 0.465. The van der Waals surface area contributed by atoms with Crippen molar-refractivity contribution in [2.75, 3.05) is 0 Å². The zero-order valence-corrected chi connectivity index (χ0v) is 11.5. The van der Waals surface area contributed by atoms with E-state index < -0.39 is 0 Å². The van der Waals surface area contributed by atoms with E-state index >= 15 is 0 Å². The first-order chi connectivity index (χ1) is 9.22. The zero-order valence-electron chi connectivity index (χ0n) is 9.99. The molecule has 19 heavy (non-hydrogen) atoms. The average Bonchev–Trinajstić information content (AvgIpc) is 2.83. The van der Waals surface area contributed by atoms with Crippen LogP contribution in [0.5, 0.6) is 5.75 Å². The van der Waals surface area contributed by atoms with Crippen molar-refractivity contribution >= 4 is 34.1 Å². The van der Waals surface area contributed by atoms with Crippen LogP contribution in [0.25, 0.3) is 10.9 Å². The predicted octanol–water partition coefficient (Wildman–Crippen LogP) is 5.05. The minimum Gasteiger partial charge on any atom is -0.487 e. The van der Waals surface area contributed by atoms with Crippen LogP contribution in [0.4, 0.5) is 0 Å². The van der Waals surface area contributed by atoms with Crippen molar-refractivity contribution in [2.45, 2.75) is 6.61 Å². The van der Waals surface area contributed by atoms with E-state index in [-0.39, 0.29) is 0 Å². The van der Waals surface area contributed by atoms with Crippen LogP contribution in [-0.4, -0.2) is 4.98 Å². The van der Waals surface area contributed by atoms with Crippen molar-refractivity contribution in [2.24, 2.45) is 0 Å². The lowest BCUT2D eigenvalue weighted by Crippen LogP contribution is -1.95. The fraction of sp³-hybridized carbons (Fsp3) is 0.0667. The number of aromatic amines is 1. The van der Waals surface area contributed by atoms with Crippen LogP contribution in [0.1, 0.15) is 5.69 Å². The lowest BCUT2D eigenvalue weighted by molar-refractivity contribution is 0.302. The molecule has 0 aliphatic carbocycles. The first-order valence-electron chi connectivity index (χ1n) is 5.87. The summed E-state index contributed by atoms with van der Waals surface area (Å²) in [6, 6.07) is 15.2. The Morgan fingerprint density at radius 1 is 1.00 bits per heavy atom. The SMILES string of the molecule is Clc1ccc(OCc2cc3cccc(Cl)c3[nH]2)cc1. The third-order valence-electron chi connectivity index (χ3n) is 2.87. The summed E-state index contributed by atoms with van der Waals surface area (Å²) >= 11 is 11.9. The molecule has 1 aromatic heterocycles. The molecule has 0 bridgehead atoms. The van der Waals surface area contributed by atoms with E-state index in [1.165, 1.54) is 0 Å². The maximum atomic E-state index is 6.12.